The Morgan fingerprint density at radius 1 is 1.15 bits per heavy atom. The fraction of sp³-hybridized carbons (Fsp3) is 0.308. The SMILES string of the molecule is Cc1ccc2[nH]nc(C(=O)N3CCCC(c4cc(Nc5ncccc5C)cc(C)n4)C3)c2c1. The Balaban J connectivity index is 1.38. The fourth-order valence-corrected chi connectivity index (χ4v) is 4.57. The van der Waals surface area contributed by atoms with Crippen molar-refractivity contribution in [3.63, 3.8) is 0 Å². The van der Waals surface area contributed by atoms with Crippen LogP contribution in [-0.2, 0) is 0 Å². The number of aromatic nitrogens is 4. The number of fused-ring (bicyclic) bond motifs is 1. The molecule has 2 N–H and O–H groups in total. The summed E-state index contributed by atoms with van der Waals surface area (Å²) < 4.78 is 0. The van der Waals surface area contributed by atoms with E-state index in [1.54, 1.807) is 6.20 Å². The van der Waals surface area contributed by atoms with Crippen molar-refractivity contribution >= 4 is 28.3 Å². The number of likely N-dealkylation sites (tertiary alicyclic amines) is 1. The minimum absolute atomic E-state index is 0.0216. The minimum atomic E-state index is -0.0216. The van der Waals surface area contributed by atoms with Gasteiger partial charge in [0.1, 0.15) is 5.82 Å². The summed E-state index contributed by atoms with van der Waals surface area (Å²) in [5.74, 6) is 1.00. The average Bonchev–Trinajstić information content (AvgIpc) is 3.23. The zero-order valence-corrected chi connectivity index (χ0v) is 19.2. The molecule has 1 aliphatic heterocycles. The van der Waals surface area contributed by atoms with Gasteiger partial charge in [-0.05, 0) is 69.5 Å². The zero-order chi connectivity index (χ0) is 22.9. The van der Waals surface area contributed by atoms with E-state index in [-0.39, 0.29) is 11.8 Å². The van der Waals surface area contributed by atoms with E-state index in [0.717, 1.165) is 64.3 Å². The van der Waals surface area contributed by atoms with E-state index < -0.39 is 0 Å². The smallest absolute Gasteiger partial charge is 0.275 e. The lowest BCUT2D eigenvalue weighted by Crippen LogP contribution is -2.39. The number of H-pyrrole nitrogens is 1. The third-order valence-corrected chi connectivity index (χ3v) is 6.29. The third kappa shape index (κ3) is 4.31. The van der Waals surface area contributed by atoms with Crippen molar-refractivity contribution in [3.05, 3.63) is 76.9 Å². The first-order chi connectivity index (χ1) is 16.0. The maximum absolute atomic E-state index is 13.4. The number of hydrogen-bond donors (Lipinski definition) is 2. The molecule has 0 bridgehead atoms. The van der Waals surface area contributed by atoms with Gasteiger partial charge < -0.3 is 10.2 Å². The number of nitrogens with zero attached hydrogens (tertiary/aromatic N) is 4. The van der Waals surface area contributed by atoms with Crippen molar-refractivity contribution in [2.24, 2.45) is 0 Å². The Morgan fingerprint density at radius 3 is 2.88 bits per heavy atom. The lowest BCUT2D eigenvalue weighted by Gasteiger charge is -2.32. The molecule has 1 atom stereocenters. The van der Waals surface area contributed by atoms with E-state index in [4.69, 9.17) is 4.98 Å². The molecule has 7 heteroatoms. The van der Waals surface area contributed by atoms with Crippen LogP contribution >= 0.6 is 0 Å². The van der Waals surface area contributed by atoms with E-state index in [1.807, 2.05) is 62.1 Å². The number of anilines is 2. The fourth-order valence-electron chi connectivity index (χ4n) is 4.57. The standard InChI is InChI=1S/C26H28N6O/c1-16-8-9-22-21(12-16)24(31-30-22)26(33)32-11-5-7-19(15-32)23-14-20(13-18(3)28-23)29-25-17(2)6-4-10-27-25/h4,6,8-10,12-14,19H,5,7,11,15H2,1-3H3,(H,30,31)(H,27,28,29). The second-order valence-corrected chi connectivity index (χ2v) is 8.93. The molecule has 1 fully saturated rings. The molecule has 1 amide bonds. The Labute approximate surface area is 193 Å². The molecule has 4 aromatic rings. The van der Waals surface area contributed by atoms with Crippen LogP contribution < -0.4 is 5.32 Å². The lowest BCUT2D eigenvalue weighted by atomic mass is 9.93. The zero-order valence-electron chi connectivity index (χ0n) is 19.2. The Kier molecular flexibility index (Phi) is 5.54. The number of rotatable bonds is 4. The van der Waals surface area contributed by atoms with Crippen LogP contribution in [0.2, 0.25) is 0 Å². The van der Waals surface area contributed by atoms with Crippen molar-refractivity contribution in [2.75, 3.05) is 18.4 Å². The number of carbonyl (C=O) groups excluding carboxylic acids is 1. The summed E-state index contributed by atoms with van der Waals surface area (Å²) in [5.41, 5.74) is 6.51. The van der Waals surface area contributed by atoms with Gasteiger partial charge in [-0.15, -0.1) is 0 Å². The quantitative estimate of drug-likeness (QED) is 0.464. The van der Waals surface area contributed by atoms with Crippen LogP contribution in [0.4, 0.5) is 11.5 Å². The van der Waals surface area contributed by atoms with Crippen LogP contribution in [0, 0.1) is 20.8 Å². The molecule has 168 valence electrons. The van der Waals surface area contributed by atoms with Crippen LogP contribution in [0.1, 0.15) is 51.8 Å². The predicted molar refractivity (Wildman–Crippen MR) is 130 cm³/mol. The molecular weight excluding hydrogens is 412 g/mol. The summed E-state index contributed by atoms with van der Waals surface area (Å²) in [5, 5.41) is 11.7. The first-order valence-electron chi connectivity index (χ1n) is 11.4. The molecule has 7 nitrogen and oxygen atoms in total. The van der Waals surface area contributed by atoms with Gasteiger partial charge in [0.25, 0.3) is 5.91 Å². The number of aryl methyl sites for hydroxylation is 3. The largest absolute Gasteiger partial charge is 0.340 e. The summed E-state index contributed by atoms with van der Waals surface area (Å²) >= 11 is 0. The van der Waals surface area contributed by atoms with Crippen molar-refractivity contribution < 1.29 is 4.79 Å². The van der Waals surface area contributed by atoms with Gasteiger partial charge in [-0.3, -0.25) is 14.9 Å². The van der Waals surface area contributed by atoms with Gasteiger partial charge in [0.2, 0.25) is 0 Å². The normalized spacial score (nSPS) is 16.2. The second kappa shape index (κ2) is 8.65. The minimum Gasteiger partial charge on any atom is -0.340 e. The first-order valence-corrected chi connectivity index (χ1v) is 11.4. The molecule has 3 aromatic heterocycles. The Hall–Kier alpha value is -3.74. The summed E-state index contributed by atoms with van der Waals surface area (Å²) in [4.78, 5) is 24.6. The number of hydrogen-bond acceptors (Lipinski definition) is 5. The van der Waals surface area contributed by atoms with Crippen LogP contribution in [0.3, 0.4) is 0 Å². The highest BCUT2D eigenvalue weighted by Gasteiger charge is 2.29. The number of benzene rings is 1. The molecule has 1 aromatic carbocycles. The molecule has 1 saturated heterocycles. The molecule has 0 aliphatic carbocycles. The first kappa shape index (κ1) is 21.1. The van der Waals surface area contributed by atoms with Crippen molar-refractivity contribution in [1.82, 2.24) is 25.1 Å². The molecular formula is C26H28N6O. The van der Waals surface area contributed by atoms with Crippen molar-refractivity contribution in [3.8, 4) is 0 Å². The number of pyridine rings is 2. The number of nitrogens with one attached hydrogen (secondary N) is 2. The van der Waals surface area contributed by atoms with Crippen molar-refractivity contribution in [1.29, 1.82) is 0 Å². The van der Waals surface area contributed by atoms with E-state index in [9.17, 15) is 4.79 Å². The maximum Gasteiger partial charge on any atom is 0.275 e. The molecule has 4 heterocycles. The summed E-state index contributed by atoms with van der Waals surface area (Å²) in [6.45, 7) is 7.44. The number of piperidine rings is 1. The van der Waals surface area contributed by atoms with E-state index >= 15 is 0 Å². The van der Waals surface area contributed by atoms with Crippen LogP contribution in [0.25, 0.3) is 10.9 Å². The van der Waals surface area contributed by atoms with Crippen LogP contribution in [-0.4, -0.2) is 44.1 Å². The van der Waals surface area contributed by atoms with Gasteiger partial charge in [0, 0.05) is 47.7 Å². The van der Waals surface area contributed by atoms with Gasteiger partial charge in [-0.1, -0.05) is 17.7 Å². The molecule has 33 heavy (non-hydrogen) atoms. The van der Waals surface area contributed by atoms with E-state index in [0.29, 0.717) is 12.2 Å². The van der Waals surface area contributed by atoms with Gasteiger partial charge in [0.15, 0.2) is 5.69 Å². The van der Waals surface area contributed by atoms with Gasteiger partial charge in [-0.25, -0.2) is 4.98 Å². The van der Waals surface area contributed by atoms with E-state index in [2.05, 4.69) is 26.6 Å². The highest BCUT2D eigenvalue weighted by atomic mass is 16.2. The second-order valence-electron chi connectivity index (χ2n) is 8.93. The molecule has 0 spiro atoms. The van der Waals surface area contributed by atoms with Gasteiger partial charge in [0.05, 0.1) is 5.52 Å². The summed E-state index contributed by atoms with van der Waals surface area (Å²) in [7, 11) is 0. The monoisotopic (exact) mass is 440 g/mol. The lowest BCUT2D eigenvalue weighted by molar-refractivity contribution is 0.0702. The molecule has 5 rings (SSSR count). The third-order valence-electron chi connectivity index (χ3n) is 6.29. The maximum atomic E-state index is 13.4. The Morgan fingerprint density at radius 2 is 2.03 bits per heavy atom. The van der Waals surface area contributed by atoms with Crippen LogP contribution in [0.5, 0.6) is 0 Å². The predicted octanol–water partition coefficient (Wildman–Crippen LogP) is 5.04. The van der Waals surface area contributed by atoms with Crippen molar-refractivity contribution in [2.45, 2.75) is 39.5 Å². The molecule has 1 aliphatic rings. The number of carbonyl (C=O) groups is 1. The summed E-state index contributed by atoms with van der Waals surface area (Å²) in [6, 6.07) is 14.1. The van der Waals surface area contributed by atoms with E-state index in [1.165, 1.54) is 0 Å². The highest BCUT2D eigenvalue weighted by molar-refractivity contribution is 6.04. The van der Waals surface area contributed by atoms with Gasteiger partial charge in [-0.2, -0.15) is 5.10 Å². The molecule has 1 unspecified atom stereocenters. The molecule has 0 saturated carbocycles. The topological polar surface area (TPSA) is 86.8 Å². The average molecular weight is 441 g/mol. The highest BCUT2D eigenvalue weighted by Crippen LogP contribution is 2.30. The number of aromatic amines is 1. The Bertz CT molecular complexity index is 1330. The summed E-state index contributed by atoms with van der Waals surface area (Å²) in [6.07, 6.45) is 3.73. The number of amides is 1. The van der Waals surface area contributed by atoms with Crippen LogP contribution in [0.15, 0.2) is 48.7 Å². The van der Waals surface area contributed by atoms with Gasteiger partial charge >= 0.3 is 0 Å². The molecule has 0 radical (unpaired) electrons.